The molecule has 0 spiro atoms. The molecule has 0 saturated carbocycles. The van der Waals surface area contributed by atoms with Crippen LogP contribution in [-0.4, -0.2) is 61.0 Å². The van der Waals surface area contributed by atoms with E-state index in [1.54, 1.807) is 0 Å². The van der Waals surface area contributed by atoms with Gasteiger partial charge in [0, 0.05) is 56.9 Å². The van der Waals surface area contributed by atoms with E-state index in [1.165, 1.54) is 0 Å². The van der Waals surface area contributed by atoms with Gasteiger partial charge in [0.05, 0.1) is 11.6 Å². The molecule has 0 N–H and O–H groups in total. The summed E-state index contributed by atoms with van der Waals surface area (Å²) >= 11 is 0. The maximum Gasteiger partial charge on any atom is 0.225 e. The quantitative estimate of drug-likeness (QED) is 0.837. The predicted molar refractivity (Wildman–Crippen MR) is 104 cm³/mol. The summed E-state index contributed by atoms with van der Waals surface area (Å²) in [6.07, 6.45) is 2.92. The average Bonchev–Trinajstić information content (AvgIpc) is 2.94. The molecule has 0 atom stereocenters. The van der Waals surface area contributed by atoms with Crippen molar-refractivity contribution < 1.29 is 4.79 Å². The van der Waals surface area contributed by atoms with Gasteiger partial charge in [0.15, 0.2) is 0 Å². The van der Waals surface area contributed by atoms with Crippen molar-refractivity contribution in [3.8, 4) is 6.07 Å². The number of rotatable bonds is 3. The van der Waals surface area contributed by atoms with Crippen LogP contribution in [0.25, 0.3) is 0 Å². The zero-order chi connectivity index (χ0) is 18.5. The lowest BCUT2D eigenvalue weighted by molar-refractivity contribution is -0.136. The van der Waals surface area contributed by atoms with Gasteiger partial charge in [-0.1, -0.05) is 0 Å². The number of amides is 1. The highest BCUT2D eigenvalue weighted by Gasteiger charge is 2.30. The van der Waals surface area contributed by atoms with Gasteiger partial charge in [-0.15, -0.1) is 0 Å². The fraction of sp³-hybridized carbons (Fsp3) is 0.619. The fourth-order valence-corrected chi connectivity index (χ4v) is 4.06. The summed E-state index contributed by atoms with van der Waals surface area (Å²) in [5.41, 5.74) is 1.84. The Kier molecular flexibility index (Phi) is 6.16. The van der Waals surface area contributed by atoms with Crippen molar-refractivity contribution >= 4 is 11.6 Å². The first-order chi connectivity index (χ1) is 12.6. The second kappa shape index (κ2) is 8.55. The van der Waals surface area contributed by atoms with E-state index in [0.717, 1.165) is 64.2 Å². The Labute approximate surface area is 157 Å². The van der Waals surface area contributed by atoms with Crippen LogP contribution in [0, 0.1) is 17.2 Å². The molecule has 2 saturated heterocycles. The van der Waals surface area contributed by atoms with Crippen LogP contribution in [0.4, 0.5) is 5.69 Å². The van der Waals surface area contributed by atoms with E-state index in [4.69, 9.17) is 5.26 Å². The fourth-order valence-electron chi connectivity index (χ4n) is 4.06. The molecule has 1 amide bonds. The van der Waals surface area contributed by atoms with Gasteiger partial charge < -0.3 is 9.80 Å². The maximum absolute atomic E-state index is 13.0. The van der Waals surface area contributed by atoms with Gasteiger partial charge in [0.1, 0.15) is 0 Å². The number of nitriles is 1. The zero-order valence-electron chi connectivity index (χ0n) is 16.0. The Bertz CT molecular complexity index is 641. The molecule has 1 aromatic rings. The zero-order valence-corrected chi connectivity index (χ0v) is 16.0. The third-order valence-electron chi connectivity index (χ3n) is 5.78. The predicted octanol–water partition coefficient (Wildman–Crippen LogP) is 2.72. The van der Waals surface area contributed by atoms with Crippen LogP contribution in [0.3, 0.4) is 0 Å². The summed E-state index contributed by atoms with van der Waals surface area (Å²) < 4.78 is 0. The molecule has 26 heavy (non-hydrogen) atoms. The Morgan fingerprint density at radius 1 is 1.04 bits per heavy atom. The lowest BCUT2D eigenvalue weighted by atomic mass is 9.94. The third kappa shape index (κ3) is 4.37. The highest BCUT2D eigenvalue weighted by Crippen LogP contribution is 2.25. The van der Waals surface area contributed by atoms with Crippen molar-refractivity contribution in [1.82, 2.24) is 9.80 Å². The molecule has 2 aliphatic rings. The highest BCUT2D eigenvalue weighted by molar-refractivity contribution is 5.79. The number of carbonyl (C=O) groups is 1. The number of hydrogen-bond donors (Lipinski definition) is 0. The van der Waals surface area contributed by atoms with Crippen LogP contribution in [-0.2, 0) is 4.79 Å². The molecule has 0 aromatic heterocycles. The van der Waals surface area contributed by atoms with Crippen LogP contribution >= 0.6 is 0 Å². The molecular weight excluding hydrogens is 324 g/mol. The summed E-state index contributed by atoms with van der Waals surface area (Å²) in [5.74, 6) is 0.519. The summed E-state index contributed by atoms with van der Waals surface area (Å²) in [5, 5.41) is 8.92. The minimum atomic E-state index is 0.162. The van der Waals surface area contributed by atoms with Crippen LogP contribution in [0.1, 0.15) is 38.7 Å². The first kappa shape index (κ1) is 18.7. The standard InChI is InChI=1S/C21H30N4O/c1-17(2)23-10-3-11-25(15-14-23)21(26)19-8-12-24(13-9-19)20-6-4-18(16-22)5-7-20/h4-7,17,19H,3,8-15H2,1-2H3. The number of benzene rings is 1. The van der Waals surface area contributed by atoms with Gasteiger partial charge in [-0.2, -0.15) is 5.26 Å². The lowest BCUT2D eigenvalue weighted by Gasteiger charge is -2.35. The van der Waals surface area contributed by atoms with Gasteiger partial charge in [-0.25, -0.2) is 0 Å². The molecule has 2 heterocycles. The summed E-state index contributed by atoms with van der Waals surface area (Å²) in [6, 6.07) is 10.5. The largest absolute Gasteiger partial charge is 0.371 e. The molecule has 0 unspecified atom stereocenters. The van der Waals surface area contributed by atoms with Crippen LogP contribution in [0.2, 0.25) is 0 Å². The van der Waals surface area contributed by atoms with Gasteiger partial charge in [-0.3, -0.25) is 9.69 Å². The lowest BCUT2D eigenvalue weighted by Crippen LogP contribution is -2.44. The monoisotopic (exact) mass is 354 g/mol. The van der Waals surface area contributed by atoms with Gasteiger partial charge >= 0.3 is 0 Å². The maximum atomic E-state index is 13.0. The molecule has 0 radical (unpaired) electrons. The summed E-state index contributed by atoms with van der Waals surface area (Å²) in [7, 11) is 0. The molecular formula is C21H30N4O. The molecule has 0 aliphatic carbocycles. The van der Waals surface area contributed by atoms with Crippen LogP contribution in [0.5, 0.6) is 0 Å². The van der Waals surface area contributed by atoms with Crippen molar-refractivity contribution in [2.75, 3.05) is 44.2 Å². The summed E-state index contributed by atoms with van der Waals surface area (Å²) in [4.78, 5) is 19.9. The van der Waals surface area contributed by atoms with Gasteiger partial charge in [0.25, 0.3) is 0 Å². The van der Waals surface area contributed by atoms with E-state index in [9.17, 15) is 4.79 Å². The van der Waals surface area contributed by atoms with Gasteiger partial charge in [0.2, 0.25) is 5.91 Å². The highest BCUT2D eigenvalue weighted by atomic mass is 16.2. The number of anilines is 1. The number of carbonyl (C=O) groups excluding carboxylic acids is 1. The van der Waals surface area contributed by atoms with E-state index in [1.807, 2.05) is 24.3 Å². The normalized spacial score (nSPS) is 20.1. The Morgan fingerprint density at radius 2 is 1.73 bits per heavy atom. The molecule has 5 nitrogen and oxygen atoms in total. The Balaban J connectivity index is 1.52. The molecule has 2 aliphatic heterocycles. The second-order valence-electron chi connectivity index (χ2n) is 7.73. The van der Waals surface area contributed by atoms with Crippen LogP contribution in [0.15, 0.2) is 24.3 Å². The third-order valence-corrected chi connectivity index (χ3v) is 5.78. The van der Waals surface area contributed by atoms with Crippen LogP contribution < -0.4 is 4.90 Å². The molecule has 3 rings (SSSR count). The van der Waals surface area contributed by atoms with Crippen molar-refractivity contribution in [2.24, 2.45) is 5.92 Å². The van der Waals surface area contributed by atoms with E-state index in [2.05, 4.69) is 34.6 Å². The first-order valence-corrected chi connectivity index (χ1v) is 9.86. The van der Waals surface area contributed by atoms with Crippen molar-refractivity contribution in [3.63, 3.8) is 0 Å². The van der Waals surface area contributed by atoms with Gasteiger partial charge in [-0.05, 0) is 57.4 Å². The minimum absolute atomic E-state index is 0.162. The van der Waals surface area contributed by atoms with Crippen molar-refractivity contribution in [3.05, 3.63) is 29.8 Å². The molecule has 0 bridgehead atoms. The van der Waals surface area contributed by atoms with Crippen molar-refractivity contribution in [1.29, 1.82) is 5.26 Å². The number of nitrogens with zero attached hydrogens (tertiary/aromatic N) is 4. The molecule has 5 heteroatoms. The SMILES string of the molecule is CC(C)N1CCCN(C(=O)C2CCN(c3ccc(C#N)cc3)CC2)CC1. The Hall–Kier alpha value is -2.06. The van der Waals surface area contributed by atoms with E-state index >= 15 is 0 Å². The minimum Gasteiger partial charge on any atom is -0.371 e. The van der Waals surface area contributed by atoms with E-state index < -0.39 is 0 Å². The average molecular weight is 354 g/mol. The van der Waals surface area contributed by atoms with Crippen molar-refractivity contribution in [2.45, 2.75) is 39.2 Å². The molecule has 140 valence electrons. The topological polar surface area (TPSA) is 50.6 Å². The first-order valence-electron chi connectivity index (χ1n) is 9.86. The Morgan fingerprint density at radius 3 is 2.35 bits per heavy atom. The van der Waals surface area contributed by atoms with E-state index in [0.29, 0.717) is 17.5 Å². The number of hydrogen-bond acceptors (Lipinski definition) is 4. The van der Waals surface area contributed by atoms with E-state index in [-0.39, 0.29) is 5.92 Å². The second-order valence-corrected chi connectivity index (χ2v) is 7.73. The summed E-state index contributed by atoms with van der Waals surface area (Å²) in [6.45, 7) is 10.1. The molecule has 1 aromatic carbocycles. The number of piperidine rings is 1. The smallest absolute Gasteiger partial charge is 0.225 e. The molecule has 2 fully saturated rings.